The molecule has 0 bridgehead atoms. The molecule has 2 heterocycles. The van der Waals surface area contributed by atoms with Crippen LogP contribution in [0.25, 0.3) is 16.8 Å². The number of non-ortho nitro benzene ring substituents is 1. The molecule has 1 aromatic heterocycles. The Kier molecular flexibility index (Phi) is 6.06. The lowest BCUT2D eigenvalue weighted by Gasteiger charge is -2.25. The maximum atomic E-state index is 12.4. The van der Waals surface area contributed by atoms with Crippen LogP contribution in [0, 0.1) is 10.1 Å². The van der Waals surface area contributed by atoms with Crippen molar-refractivity contribution >= 4 is 33.6 Å². The van der Waals surface area contributed by atoms with Crippen LogP contribution in [0.1, 0.15) is 12.0 Å². The van der Waals surface area contributed by atoms with Crippen molar-refractivity contribution in [2.24, 2.45) is 0 Å². The molecule has 0 spiro atoms. The molecule has 8 nitrogen and oxygen atoms in total. The number of thiazole rings is 1. The van der Waals surface area contributed by atoms with Gasteiger partial charge in [0.1, 0.15) is 5.75 Å². The van der Waals surface area contributed by atoms with Gasteiger partial charge in [0.15, 0.2) is 5.13 Å². The van der Waals surface area contributed by atoms with Crippen LogP contribution < -0.4 is 5.32 Å². The molecule has 1 amide bonds. The van der Waals surface area contributed by atoms with Crippen LogP contribution in [0.3, 0.4) is 0 Å². The second-order valence-corrected chi connectivity index (χ2v) is 8.01. The van der Waals surface area contributed by atoms with Gasteiger partial charge in [0.05, 0.1) is 17.2 Å². The van der Waals surface area contributed by atoms with Crippen LogP contribution in [0.2, 0.25) is 0 Å². The number of carbonyl (C=O) groups excluding carboxylic acids is 1. The number of nitrogens with one attached hydrogen (secondary N) is 1. The average molecular weight is 436 g/mol. The maximum Gasteiger partial charge on any atom is 0.270 e. The van der Waals surface area contributed by atoms with Crippen molar-refractivity contribution < 1.29 is 14.8 Å². The summed E-state index contributed by atoms with van der Waals surface area (Å²) >= 11 is 1.28. The second kappa shape index (κ2) is 9.07. The molecule has 158 valence electrons. The van der Waals surface area contributed by atoms with Crippen molar-refractivity contribution in [3.63, 3.8) is 0 Å². The third-order valence-corrected chi connectivity index (χ3v) is 5.76. The minimum Gasteiger partial charge on any atom is -0.508 e. The molecule has 0 unspecified atom stereocenters. The number of phenolic OH excluding ortho intramolecular Hbond substituents is 1. The quantitative estimate of drug-likeness (QED) is 0.444. The number of carbonyl (C=O) groups is 1. The first-order valence-corrected chi connectivity index (χ1v) is 10.6. The normalized spacial score (nSPS) is 14.1. The SMILES string of the molecule is O=C(CN1CC=C(c2ccc(O)cc2)CC1)Nc1nc(-c2cccc([N+](=O)[O-])c2)cs1. The lowest BCUT2D eigenvalue weighted by atomic mass is 9.99. The standard InChI is InChI=1S/C22H20N4O4S/c27-19-6-4-15(5-7-19)16-8-10-25(11-9-16)13-21(28)24-22-23-20(14-31-22)17-2-1-3-18(12-17)26(29)30/h1-8,12,14,27H,9-11,13H2,(H,23,24,28). The molecule has 0 radical (unpaired) electrons. The van der Waals surface area contributed by atoms with Crippen LogP contribution in [0.4, 0.5) is 10.8 Å². The first-order chi connectivity index (χ1) is 15.0. The molecule has 2 aromatic carbocycles. The van der Waals surface area contributed by atoms with Gasteiger partial charge in [-0.3, -0.25) is 19.8 Å². The highest BCUT2D eigenvalue weighted by atomic mass is 32.1. The van der Waals surface area contributed by atoms with E-state index < -0.39 is 4.92 Å². The Morgan fingerprint density at radius 1 is 1.23 bits per heavy atom. The van der Waals surface area contributed by atoms with Gasteiger partial charge in [0.2, 0.25) is 5.91 Å². The Hall–Kier alpha value is -3.56. The van der Waals surface area contributed by atoms with E-state index in [0.29, 0.717) is 22.9 Å². The van der Waals surface area contributed by atoms with Gasteiger partial charge in [-0.25, -0.2) is 4.98 Å². The molecule has 0 atom stereocenters. The number of hydrogen-bond donors (Lipinski definition) is 2. The molecule has 0 aliphatic carbocycles. The summed E-state index contributed by atoms with van der Waals surface area (Å²) in [6.07, 6.45) is 2.93. The number of anilines is 1. The summed E-state index contributed by atoms with van der Waals surface area (Å²) in [5, 5.41) is 25.4. The monoisotopic (exact) mass is 436 g/mol. The van der Waals surface area contributed by atoms with Crippen molar-refractivity contribution in [1.29, 1.82) is 0 Å². The van der Waals surface area contributed by atoms with Gasteiger partial charge < -0.3 is 10.4 Å². The highest BCUT2D eigenvalue weighted by Gasteiger charge is 2.17. The smallest absolute Gasteiger partial charge is 0.270 e. The average Bonchev–Trinajstić information content (AvgIpc) is 3.23. The first kappa shape index (κ1) is 20.7. The molecule has 31 heavy (non-hydrogen) atoms. The fourth-order valence-electron chi connectivity index (χ4n) is 3.40. The number of amides is 1. The topological polar surface area (TPSA) is 109 Å². The highest BCUT2D eigenvalue weighted by Crippen LogP contribution is 2.28. The van der Waals surface area contributed by atoms with Gasteiger partial charge in [-0.2, -0.15) is 0 Å². The van der Waals surface area contributed by atoms with Crippen LogP contribution in [-0.2, 0) is 4.79 Å². The number of nitrogens with zero attached hydrogens (tertiary/aromatic N) is 3. The summed E-state index contributed by atoms with van der Waals surface area (Å²) < 4.78 is 0. The number of aromatic nitrogens is 1. The molecular formula is C22H20N4O4S. The zero-order valence-electron chi connectivity index (χ0n) is 16.5. The number of benzene rings is 2. The summed E-state index contributed by atoms with van der Waals surface area (Å²) in [7, 11) is 0. The molecular weight excluding hydrogens is 416 g/mol. The van der Waals surface area contributed by atoms with Crippen LogP contribution in [0.5, 0.6) is 5.75 Å². The Morgan fingerprint density at radius 2 is 2.03 bits per heavy atom. The Labute approximate surface area is 182 Å². The summed E-state index contributed by atoms with van der Waals surface area (Å²) in [5.41, 5.74) is 3.51. The molecule has 0 fully saturated rings. The number of hydrogen-bond acceptors (Lipinski definition) is 7. The number of nitro groups is 1. The van der Waals surface area contributed by atoms with Gasteiger partial charge in [0.25, 0.3) is 5.69 Å². The Balaban J connectivity index is 1.33. The minimum atomic E-state index is -0.446. The van der Waals surface area contributed by atoms with Crippen molar-refractivity contribution in [3.05, 3.63) is 75.7 Å². The van der Waals surface area contributed by atoms with Crippen molar-refractivity contribution in [3.8, 4) is 17.0 Å². The minimum absolute atomic E-state index is 0.000844. The van der Waals surface area contributed by atoms with Crippen molar-refractivity contribution in [2.75, 3.05) is 25.0 Å². The van der Waals surface area contributed by atoms with E-state index in [1.807, 2.05) is 17.0 Å². The van der Waals surface area contributed by atoms with Crippen molar-refractivity contribution in [2.45, 2.75) is 6.42 Å². The van der Waals surface area contributed by atoms with E-state index in [9.17, 15) is 20.0 Å². The van der Waals surface area contributed by atoms with Gasteiger partial charge in [-0.15, -0.1) is 11.3 Å². The molecule has 4 rings (SSSR count). The summed E-state index contributed by atoms with van der Waals surface area (Å²) in [6, 6.07) is 13.4. The van der Waals surface area contributed by atoms with Gasteiger partial charge in [0, 0.05) is 36.2 Å². The predicted molar refractivity (Wildman–Crippen MR) is 120 cm³/mol. The molecule has 0 saturated carbocycles. The zero-order valence-corrected chi connectivity index (χ0v) is 17.3. The van der Waals surface area contributed by atoms with E-state index in [0.717, 1.165) is 18.5 Å². The summed E-state index contributed by atoms with van der Waals surface area (Å²) in [4.78, 5) is 29.4. The maximum absolute atomic E-state index is 12.4. The van der Waals surface area contributed by atoms with Gasteiger partial charge in [-0.1, -0.05) is 30.3 Å². The molecule has 1 aliphatic heterocycles. The van der Waals surface area contributed by atoms with E-state index in [1.54, 1.807) is 29.6 Å². The van der Waals surface area contributed by atoms with Gasteiger partial charge >= 0.3 is 0 Å². The molecule has 0 saturated heterocycles. The highest BCUT2D eigenvalue weighted by molar-refractivity contribution is 7.14. The molecule has 3 aromatic rings. The van der Waals surface area contributed by atoms with E-state index in [4.69, 9.17) is 0 Å². The third kappa shape index (κ3) is 5.14. The second-order valence-electron chi connectivity index (χ2n) is 7.15. The van der Waals surface area contributed by atoms with Crippen molar-refractivity contribution in [1.82, 2.24) is 9.88 Å². The zero-order chi connectivity index (χ0) is 21.8. The van der Waals surface area contributed by atoms with Crippen LogP contribution >= 0.6 is 11.3 Å². The van der Waals surface area contributed by atoms with E-state index in [2.05, 4.69) is 16.4 Å². The van der Waals surface area contributed by atoms with Gasteiger partial charge in [-0.05, 0) is 29.7 Å². The lowest BCUT2D eigenvalue weighted by Crippen LogP contribution is -2.36. The van der Waals surface area contributed by atoms with Crippen LogP contribution in [-0.4, -0.2) is 45.5 Å². The molecule has 9 heteroatoms. The number of aromatic hydroxyl groups is 1. The molecule has 2 N–H and O–H groups in total. The molecule has 1 aliphatic rings. The largest absolute Gasteiger partial charge is 0.508 e. The van der Waals surface area contributed by atoms with E-state index in [1.165, 1.54) is 29.0 Å². The summed E-state index contributed by atoms with van der Waals surface area (Å²) in [6.45, 7) is 1.68. The van der Waals surface area contributed by atoms with E-state index >= 15 is 0 Å². The first-order valence-electron chi connectivity index (χ1n) is 9.69. The summed E-state index contributed by atoms with van der Waals surface area (Å²) in [5.74, 6) is 0.0933. The Bertz CT molecular complexity index is 1140. The third-order valence-electron chi connectivity index (χ3n) is 5.00. The fourth-order valence-corrected chi connectivity index (χ4v) is 4.13. The number of rotatable bonds is 6. The van der Waals surface area contributed by atoms with E-state index in [-0.39, 0.29) is 23.9 Å². The number of nitro benzene ring substituents is 1. The number of phenols is 1. The van der Waals surface area contributed by atoms with Crippen LogP contribution in [0.15, 0.2) is 60.0 Å². The fraction of sp³-hybridized carbons (Fsp3) is 0.182. The predicted octanol–water partition coefficient (Wildman–Crippen LogP) is 4.15. The Morgan fingerprint density at radius 3 is 2.74 bits per heavy atom. The lowest BCUT2D eigenvalue weighted by molar-refractivity contribution is -0.384.